The molecule has 1 saturated carbocycles. The number of hydrogen-bond donors (Lipinski definition) is 1. The van der Waals surface area contributed by atoms with Gasteiger partial charge < -0.3 is 10.0 Å². The Bertz CT molecular complexity index is 719. The van der Waals surface area contributed by atoms with Gasteiger partial charge in [-0.2, -0.15) is 5.10 Å². The first-order valence-electron chi connectivity index (χ1n) is 8.03. The van der Waals surface area contributed by atoms with Crippen LogP contribution >= 0.6 is 0 Å². The smallest absolute Gasteiger partial charge is 0.251 e. The molecule has 23 heavy (non-hydrogen) atoms. The van der Waals surface area contributed by atoms with Crippen molar-refractivity contribution in [1.29, 1.82) is 0 Å². The van der Waals surface area contributed by atoms with E-state index < -0.39 is 6.10 Å². The summed E-state index contributed by atoms with van der Waals surface area (Å²) < 4.78 is 3.29. The zero-order valence-electron chi connectivity index (χ0n) is 13.0. The highest BCUT2D eigenvalue weighted by Crippen LogP contribution is 2.40. The molecule has 0 aromatic carbocycles. The Morgan fingerprint density at radius 2 is 2.13 bits per heavy atom. The molecule has 2 aromatic rings. The first-order valence-corrected chi connectivity index (χ1v) is 8.03. The van der Waals surface area contributed by atoms with E-state index in [0.717, 1.165) is 31.4 Å². The van der Waals surface area contributed by atoms with Crippen LogP contribution in [0.25, 0.3) is 0 Å². The van der Waals surface area contributed by atoms with Gasteiger partial charge in [-0.25, -0.2) is 4.68 Å². The minimum Gasteiger partial charge on any atom is -0.386 e. The third kappa shape index (κ3) is 2.63. The summed E-state index contributed by atoms with van der Waals surface area (Å²) in [6.45, 7) is 0.688. The second-order valence-electron chi connectivity index (χ2n) is 6.43. The predicted octanol–water partition coefficient (Wildman–Crippen LogP) is 0.823. The van der Waals surface area contributed by atoms with Crippen LogP contribution in [0.15, 0.2) is 18.6 Å². The predicted molar refractivity (Wildman–Crippen MR) is 81.5 cm³/mol. The molecular formula is C15H20N6O2. The van der Waals surface area contributed by atoms with Gasteiger partial charge in [0.05, 0.1) is 18.1 Å². The van der Waals surface area contributed by atoms with E-state index in [1.54, 1.807) is 26.7 Å². The number of aliphatic hydroxyl groups excluding tert-OH is 1. The summed E-state index contributed by atoms with van der Waals surface area (Å²) in [5, 5.41) is 22.4. The molecule has 2 aliphatic rings. The Morgan fingerprint density at radius 1 is 1.30 bits per heavy atom. The highest BCUT2D eigenvalue weighted by atomic mass is 16.3. The van der Waals surface area contributed by atoms with E-state index in [-0.39, 0.29) is 11.9 Å². The van der Waals surface area contributed by atoms with Crippen LogP contribution in [0.1, 0.15) is 43.5 Å². The number of aliphatic hydroxyl groups is 1. The van der Waals surface area contributed by atoms with E-state index in [1.807, 2.05) is 13.2 Å². The van der Waals surface area contributed by atoms with Crippen LogP contribution < -0.4 is 4.90 Å². The molecule has 2 aromatic heterocycles. The summed E-state index contributed by atoms with van der Waals surface area (Å²) in [6, 6.07) is -0.364. The van der Waals surface area contributed by atoms with Gasteiger partial charge in [-0.15, -0.1) is 5.10 Å². The monoisotopic (exact) mass is 316 g/mol. The molecule has 4 rings (SSSR count). The van der Waals surface area contributed by atoms with Crippen molar-refractivity contribution in [2.24, 2.45) is 13.0 Å². The molecule has 0 radical (unpaired) electrons. The Kier molecular flexibility index (Phi) is 3.41. The lowest BCUT2D eigenvalue weighted by Gasteiger charge is -2.31. The van der Waals surface area contributed by atoms with Crippen molar-refractivity contribution < 1.29 is 9.90 Å². The fourth-order valence-electron chi connectivity index (χ4n) is 3.14. The number of anilines is 1. The molecule has 1 amide bonds. The lowest BCUT2D eigenvalue weighted by Crippen LogP contribution is -2.42. The third-order valence-electron chi connectivity index (χ3n) is 4.63. The number of nitrogens with zero attached hydrogens (tertiary/aromatic N) is 6. The molecule has 2 unspecified atom stereocenters. The molecule has 2 fully saturated rings. The average molecular weight is 316 g/mol. The van der Waals surface area contributed by atoms with Crippen LogP contribution in [-0.4, -0.2) is 42.3 Å². The first-order chi connectivity index (χ1) is 11.1. The number of aryl methyl sites for hydroxylation is 1. The maximum atomic E-state index is 12.8. The Hall–Kier alpha value is -2.22. The third-order valence-corrected chi connectivity index (χ3v) is 4.63. The standard InChI is InChI=1S/C15H20N6O2/c1-19-8-11(7-16-19)20-6-2-3-13(15(20)23)21-9-12(17-18-21)14(22)10-4-5-10/h7-10,13-14,22H,2-6H2,1H3. The number of carbonyl (C=O) groups excluding carboxylic acids is 1. The van der Waals surface area contributed by atoms with Crippen LogP contribution in [0.4, 0.5) is 5.69 Å². The molecule has 0 spiro atoms. The van der Waals surface area contributed by atoms with E-state index in [0.29, 0.717) is 18.2 Å². The van der Waals surface area contributed by atoms with Gasteiger partial charge in [0.25, 0.3) is 5.91 Å². The second-order valence-corrected chi connectivity index (χ2v) is 6.43. The van der Waals surface area contributed by atoms with Crippen molar-refractivity contribution in [3.05, 3.63) is 24.3 Å². The molecule has 0 bridgehead atoms. The molecule has 122 valence electrons. The van der Waals surface area contributed by atoms with Crippen molar-refractivity contribution in [1.82, 2.24) is 24.8 Å². The van der Waals surface area contributed by atoms with E-state index in [9.17, 15) is 9.90 Å². The van der Waals surface area contributed by atoms with Crippen molar-refractivity contribution in [3.8, 4) is 0 Å². The molecule has 8 nitrogen and oxygen atoms in total. The Labute approximate surface area is 133 Å². The number of rotatable bonds is 4. The van der Waals surface area contributed by atoms with Gasteiger partial charge in [0, 0.05) is 19.8 Å². The molecule has 2 atom stereocenters. The maximum Gasteiger partial charge on any atom is 0.251 e. The summed E-state index contributed by atoms with van der Waals surface area (Å²) in [4.78, 5) is 14.5. The zero-order chi connectivity index (χ0) is 16.0. The van der Waals surface area contributed by atoms with E-state index in [4.69, 9.17) is 0 Å². The largest absolute Gasteiger partial charge is 0.386 e. The Morgan fingerprint density at radius 3 is 2.83 bits per heavy atom. The molecular weight excluding hydrogens is 296 g/mol. The topological polar surface area (TPSA) is 89.1 Å². The fourth-order valence-corrected chi connectivity index (χ4v) is 3.14. The minimum absolute atomic E-state index is 0.00149. The number of aromatic nitrogens is 5. The van der Waals surface area contributed by atoms with E-state index in [1.165, 1.54) is 0 Å². The van der Waals surface area contributed by atoms with E-state index >= 15 is 0 Å². The quantitative estimate of drug-likeness (QED) is 0.902. The summed E-state index contributed by atoms with van der Waals surface area (Å²) >= 11 is 0. The van der Waals surface area contributed by atoms with Gasteiger partial charge in [-0.05, 0) is 31.6 Å². The van der Waals surface area contributed by atoms with Crippen LogP contribution in [0.5, 0.6) is 0 Å². The summed E-state index contributed by atoms with van der Waals surface area (Å²) in [5.41, 5.74) is 1.37. The second kappa shape index (κ2) is 5.45. The highest BCUT2D eigenvalue weighted by molar-refractivity contribution is 5.96. The van der Waals surface area contributed by atoms with Gasteiger partial charge in [-0.3, -0.25) is 9.48 Å². The number of piperidine rings is 1. The van der Waals surface area contributed by atoms with Gasteiger partial charge in [0.1, 0.15) is 17.8 Å². The number of hydrogen-bond acceptors (Lipinski definition) is 5. The SMILES string of the molecule is Cn1cc(N2CCCC(n3cc(C(O)C4CC4)nn3)C2=O)cn1. The molecule has 1 aliphatic heterocycles. The fraction of sp³-hybridized carbons (Fsp3) is 0.600. The molecule has 1 aliphatic carbocycles. The molecule has 1 N–H and O–H groups in total. The van der Waals surface area contributed by atoms with E-state index in [2.05, 4.69) is 15.4 Å². The van der Waals surface area contributed by atoms with Gasteiger partial charge in [-0.1, -0.05) is 5.21 Å². The molecule has 8 heteroatoms. The van der Waals surface area contributed by atoms with Gasteiger partial charge in [0.2, 0.25) is 0 Å². The van der Waals surface area contributed by atoms with Crippen molar-refractivity contribution in [2.75, 3.05) is 11.4 Å². The summed E-state index contributed by atoms with van der Waals surface area (Å²) in [5.74, 6) is 0.302. The van der Waals surface area contributed by atoms with Crippen LogP contribution in [0.3, 0.4) is 0 Å². The normalized spacial score (nSPS) is 23.3. The lowest BCUT2D eigenvalue weighted by atomic mass is 10.0. The first kappa shape index (κ1) is 14.4. The minimum atomic E-state index is -0.558. The van der Waals surface area contributed by atoms with Gasteiger partial charge in [0.15, 0.2) is 0 Å². The van der Waals surface area contributed by atoms with Crippen molar-refractivity contribution >= 4 is 11.6 Å². The molecule has 3 heterocycles. The van der Waals surface area contributed by atoms with Crippen molar-refractivity contribution in [2.45, 2.75) is 37.8 Å². The maximum absolute atomic E-state index is 12.8. The summed E-state index contributed by atoms with van der Waals surface area (Å²) in [6.07, 6.45) is 8.39. The highest BCUT2D eigenvalue weighted by Gasteiger charge is 2.35. The Balaban J connectivity index is 1.55. The molecule has 1 saturated heterocycles. The van der Waals surface area contributed by atoms with Crippen LogP contribution in [0, 0.1) is 5.92 Å². The summed E-state index contributed by atoms with van der Waals surface area (Å²) in [7, 11) is 1.83. The van der Waals surface area contributed by atoms with Crippen LogP contribution in [0.2, 0.25) is 0 Å². The number of carbonyl (C=O) groups is 1. The zero-order valence-corrected chi connectivity index (χ0v) is 13.0. The number of amides is 1. The average Bonchev–Trinajstić information content (AvgIpc) is 3.12. The lowest BCUT2D eigenvalue weighted by molar-refractivity contribution is -0.123. The van der Waals surface area contributed by atoms with Gasteiger partial charge >= 0.3 is 0 Å². The van der Waals surface area contributed by atoms with Crippen LogP contribution in [-0.2, 0) is 11.8 Å². The van der Waals surface area contributed by atoms with Crippen molar-refractivity contribution in [3.63, 3.8) is 0 Å².